The Balaban J connectivity index is 1.49. The normalized spacial score (nSPS) is 11.6. The summed E-state index contributed by atoms with van der Waals surface area (Å²) in [6, 6.07) is 20.6. The van der Waals surface area contributed by atoms with Gasteiger partial charge in [-0.25, -0.2) is 0 Å². The van der Waals surface area contributed by atoms with Gasteiger partial charge in [-0.2, -0.15) is 13.2 Å². The Hall–Kier alpha value is -4.30. The van der Waals surface area contributed by atoms with Gasteiger partial charge in [0.15, 0.2) is 6.61 Å². The molecule has 0 saturated heterocycles. The van der Waals surface area contributed by atoms with Gasteiger partial charge in [0.05, 0.1) is 10.9 Å². The third kappa shape index (κ3) is 4.95. The molecule has 4 aromatic carbocycles. The molecule has 0 atom stereocenters. The predicted molar refractivity (Wildman–Crippen MR) is 141 cm³/mol. The van der Waals surface area contributed by atoms with Crippen molar-refractivity contribution in [2.45, 2.75) is 13.1 Å². The number of hydrogen-bond donors (Lipinski definition) is 1. The molecule has 192 valence electrons. The Labute approximate surface area is 219 Å². The van der Waals surface area contributed by atoms with Crippen molar-refractivity contribution in [3.8, 4) is 16.9 Å². The van der Waals surface area contributed by atoms with Crippen LogP contribution in [0.25, 0.3) is 32.9 Å². The molecule has 0 radical (unpaired) electrons. The highest BCUT2D eigenvalue weighted by atomic mass is 35.5. The third-order valence-electron chi connectivity index (χ3n) is 6.01. The van der Waals surface area contributed by atoms with E-state index in [-0.39, 0.29) is 22.3 Å². The van der Waals surface area contributed by atoms with E-state index in [1.54, 1.807) is 54.6 Å². The quantitative estimate of drug-likeness (QED) is 0.250. The second-order valence-corrected chi connectivity index (χ2v) is 9.03. The molecule has 9 heteroatoms. The van der Waals surface area contributed by atoms with Gasteiger partial charge in [0.25, 0.3) is 5.91 Å². The van der Waals surface area contributed by atoms with Gasteiger partial charge < -0.3 is 14.5 Å². The Morgan fingerprint density at radius 1 is 0.974 bits per heavy atom. The fourth-order valence-electron chi connectivity index (χ4n) is 4.17. The van der Waals surface area contributed by atoms with Gasteiger partial charge in [-0.1, -0.05) is 60.1 Å². The summed E-state index contributed by atoms with van der Waals surface area (Å²) in [5, 5.41) is 4.24. The highest BCUT2D eigenvalue weighted by molar-refractivity contribution is 6.31. The second-order valence-electron chi connectivity index (χ2n) is 8.62. The molecule has 0 aliphatic heterocycles. The molecule has 5 rings (SSSR count). The first-order valence-electron chi connectivity index (χ1n) is 11.5. The number of aryl methyl sites for hydroxylation is 1. The lowest BCUT2D eigenvalue weighted by Gasteiger charge is -2.15. The zero-order valence-corrected chi connectivity index (χ0v) is 20.6. The Morgan fingerprint density at radius 3 is 2.50 bits per heavy atom. The largest absolute Gasteiger partial charge is 0.484 e. The summed E-state index contributed by atoms with van der Waals surface area (Å²) in [7, 11) is 0. The standard InChI is InChI=1S/C29H19ClF3NO4/c1-16-9-10-18(13-23(16)30)34-25(35)15-37-19-11-12-22-24(14-19)38-28(29(31,32)33)26(27(22)36)21-8-4-6-17-5-2-3-7-20(17)21/h2-14H,15H2,1H3,(H,34,35). The van der Waals surface area contributed by atoms with Crippen molar-refractivity contribution >= 4 is 44.9 Å². The maximum Gasteiger partial charge on any atom is 0.450 e. The van der Waals surface area contributed by atoms with Crippen LogP contribution in [0.3, 0.4) is 0 Å². The number of anilines is 1. The van der Waals surface area contributed by atoms with Crippen molar-refractivity contribution < 1.29 is 27.1 Å². The van der Waals surface area contributed by atoms with Gasteiger partial charge in [0.1, 0.15) is 11.3 Å². The van der Waals surface area contributed by atoms with Crippen LogP contribution in [0.4, 0.5) is 18.9 Å². The van der Waals surface area contributed by atoms with Crippen molar-refractivity contribution in [2.24, 2.45) is 0 Å². The monoisotopic (exact) mass is 537 g/mol. The lowest BCUT2D eigenvalue weighted by atomic mass is 9.96. The van der Waals surface area contributed by atoms with E-state index < -0.39 is 35.4 Å². The molecule has 0 spiro atoms. The summed E-state index contributed by atoms with van der Waals surface area (Å²) >= 11 is 6.06. The molecule has 1 N–H and O–H groups in total. The van der Waals surface area contributed by atoms with Crippen molar-refractivity contribution in [3.63, 3.8) is 0 Å². The van der Waals surface area contributed by atoms with Crippen LogP contribution >= 0.6 is 11.6 Å². The van der Waals surface area contributed by atoms with E-state index in [1.807, 2.05) is 6.92 Å². The van der Waals surface area contributed by atoms with Gasteiger partial charge in [-0.05, 0) is 53.1 Å². The van der Waals surface area contributed by atoms with E-state index in [2.05, 4.69) is 5.32 Å². The highest BCUT2D eigenvalue weighted by Crippen LogP contribution is 2.39. The first-order valence-corrected chi connectivity index (χ1v) is 11.8. The minimum absolute atomic E-state index is 0.0490. The summed E-state index contributed by atoms with van der Waals surface area (Å²) in [6.07, 6.45) is -4.94. The zero-order valence-electron chi connectivity index (χ0n) is 19.9. The molecule has 1 heterocycles. The third-order valence-corrected chi connectivity index (χ3v) is 6.41. The molecule has 0 fully saturated rings. The van der Waals surface area contributed by atoms with E-state index in [0.717, 1.165) is 11.6 Å². The summed E-state index contributed by atoms with van der Waals surface area (Å²) in [5.41, 5.74) is -0.259. The number of rotatable bonds is 5. The maximum atomic E-state index is 14.1. The van der Waals surface area contributed by atoms with E-state index in [1.165, 1.54) is 18.2 Å². The van der Waals surface area contributed by atoms with Gasteiger partial charge >= 0.3 is 6.18 Å². The summed E-state index contributed by atoms with van der Waals surface area (Å²) < 4.78 is 53.1. The molecular weight excluding hydrogens is 519 g/mol. The van der Waals surface area contributed by atoms with Crippen molar-refractivity contribution in [3.05, 3.63) is 105 Å². The van der Waals surface area contributed by atoms with Crippen LogP contribution in [0.2, 0.25) is 5.02 Å². The SMILES string of the molecule is Cc1ccc(NC(=O)COc2ccc3c(=O)c(-c4cccc5ccccc45)c(C(F)(F)F)oc3c2)cc1Cl. The average Bonchev–Trinajstić information content (AvgIpc) is 2.88. The van der Waals surface area contributed by atoms with Crippen LogP contribution < -0.4 is 15.5 Å². The molecule has 38 heavy (non-hydrogen) atoms. The minimum atomic E-state index is -4.94. The van der Waals surface area contributed by atoms with Crippen LogP contribution in [0.15, 0.2) is 88.1 Å². The molecule has 0 aliphatic rings. The molecule has 0 aliphatic carbocycles. The number of ether oxygens (including phenoxy) is 1. The summed E-state index contributed by atoms with van der Waals surface area (Å²) in [4.78, 5) is 25.7. The van der Waals surface area contributed by atoms with Crippen LogP contribution in [0.5, 0.6) is 5.75 Å². The Morgan fingerprint density at radius 2 is 1.74 bits per heavy atom. The topological polar surface area (TPSA) is 68.5 Å². The Kier molecular flexibility index (Phi) is 6.59. The molecule has 5 nitrogen and oxygen atoms in total. The zero-order chi connectivity index (χ0) is 27.0. The fourth-order valence-corrected chi connectivity index (χ4v) is 4.35. The molecule has 5 aromatic rings. The molecule has 1 amide bonds. The number of benzene rings is 4. The fraction of sp³-hybridized carbons (Fsp3) is 0.103. The van der Waals surface area contributed by atoms with E-state index in [9.17, 15) is 22.8 Å². The molecule has 0 saturated carbocycles. The second kappa shape index (κ2) is 9.87. The highest BCUT2D eigenvalue weighted by Gasteiger charge is 2.39. The van der Waals surface area contributed by atoms with Crippen molar-refractivity contribution in [2.75, 3.05) is 11.9 Å². The summed E-state index contributed by atoms with van der Waals surface area (Å²) in [6.45, 7) is 1.39. The van der Waals surface area contributed by atoms with Gasteiger partial charge in [0, 0.05) is 16.8 Å². The molecular formula is C29H19ClF3NO4. The van der Waals surface area contributed by atoms with Crippen LogP contribution in [0.1, 0.15) is 11.3 Å². The Bertz CT molecular complexity index is 1760. The van der Waals surface area contributed by atoms with E-state index in [0.29, 0.717) is 21.5 Å². The number of hydrogen-bond acceptors (Lipinski definition) is 4. The first kappa shape index (κ1) is 25.4. The smallest absolute Gasteiger partial charge is 0.450 e. The van der Waals surface area contributed by atoms with Crippen molar-refractivity contribution in [1.82, 2.24) is 0 Å². The van der Waals surface area contributed by atoms with Crippen molar-refractivity contribution in [1.29, 1.82) is 0 Å². The number of fused-ring (bicyclic) bond motifs is 2. The van der Waals surface area contributed by atoms with Gasteiger partial charge in [0.2, 0.25) is 11.2 Å². The first-order chi connectivity index (χ1) is 18.1. The number of halogens is 4. The average molecular weight is 538 g/mol. The number of alkyl halides is 3. The molecule has 0 bridgehead atoms. The molecule has 1 aromatic heterocycles. The number of amides is 1. The lowest BCUT2D eigenvalue weighted by molar-refractivity contribution is -0.152. The number of carbonyl (C=O) groups is 1. The van der Waals surface area contributed by atoms with Gasteiger partial charge in [-0.15, -0.1) is 0 Å². The predicted octanol–water partition coefficient (Wildman–Crippen LogP) is 7.61. The minimum Gasteiger partial charge on any atom is -0.484 e. The number of nitrogens with one attached hydrogen (secondary N) is 1. The summed E-state index contributed by atoms with van der Waals surface area (Å²) in [5.74, 6) is -1.85. The molecule has 0 unspecified atom stereocenters. The lowest BCUT2D eigenvalue weighted by Crippen LogP contribution is -2.20. The maximum absolute atomic E-state index is 14.1. The van der Waals surface area contributed by atoms with Gasteiger partial charge in [-0.3, -0.25) is 9.59 Å². The van der Waals surface area contributed by atoms with E-state index >= 15 is 0 Å². The van der Waals surface area contributed by atoms with Crippen LogP contribution in [-0.4, -0.2) is 12.5 Å². The number of carbonyl (C=O) groups excluding carboxylic acids is 1. The van der Waals surface area contributed by atoms with E-state index in [4.69, 9.17) is 20.8 Å². The van der Waals surface area contributed by atoms with Crippen LogP contribution in [0, 0.1) is 6.92 Å². The van der Waals surface area contributed by atoms with Crippen LogP contribution in [-0.2, 0) is 11.0 Å².